The van der Waals surface area contributed by atoms with Crippen molar-refractivity contribution >= 4 is 17.7 Å². The van der Waals surface area contributed by atoms with E-state index in [0.29, 0.717) is 11.5 Å². The molecule has 1 unspecified atom stereocenters. The number of amides is 1. The highest BCUT2D eigenvalue weighted by molar-refractivity contribution is 7.99. The first kappa shape index (κ1) is 16.4. The quantitative estimate of drug-likeness (QED) is 0.713. The molecule has 0 aliphatic rings. The molecule has 5 nitrogen and oxygen atoms in total. The van der Waals surface area contributed by atoms with Gasteiger partial charge in [0.05, 0.1) is 29.4 Å². The fraction of sp³-hybridized carbons (Fsp3) is 0.222. The first-order valence-electron chi connectivity index (χ1n) is 7.73. The second kappa shape index (κ2) is 7.88. The molecule has 6 heteroatoms. The highest BCUT2D eigenvalue weighted by Crippen LogP contribution is 2.15. The second-order valence-corrected chi connectivity index (χ2v) is 6.37. The summed E-state index contributed by atoms with van der Waals surface area (Å²) < 4.78 is 7.12. The molecular formula is C18H19N3O2S. The Labute approximate surface area is 145 Å². The maximum absolute atomic E-state index is 12.0. The average Bonchev–Trinajstić information content (AvgIpc) is 3.27. The third kappa shape index (κ3) is 4.29. The van der Waals surface area contributed by atoms with E-state index < -0.39 is 0 Å². The van der Waals surface area contributed by atoms with Gasteiger partial charge >= 0.3 is 0 Å². The molecular weight excluding hydrogens is 322 g/mol. The van der Waals surface area contributed by atoms with Crippen molar-refractivity contribution in [1.29, 1.82) is 0 Å². The molecule has 3 aromatic rings. The van der Waals surface area contributed by atoms with E-state index in [1.807, 2.05) is 66.3 Å². The number of nitrogens with one attached hydrogen (secondary N) is 1. The highest BCUT2D eigenvalue weighted by Gasteiger charge is 2.12. The Kier molecular flexibility index (Phi) is 5.38. The molecule has 3 rings (SSSR count). The van der Waals surface area contributed by atoms with E-state index in [2.05, 4.69) is 10.4 Å². The third-order valence-corrected chi connectivity index (χ3v) is 4.46. The molecule has 0 aliphatic carbocycles. The highest BCUT2D eigenvalue weighted by atomic mass is 32.2. The number of benzene rings is 1. The summed E-state index contributed by atoms with van der Waals surface area (Å²) >= 11 is 1.54. The van der Waals surface area contributed by atoms with Gasteiger partial charge in [0.1, 0.15) is 5.76 Å². The number of para-hydroxylation sites is 1. The summed E-state index contributed by atoms with van der Waals surface area (Å²) in [5, 5.41) is 7.45. The summed E-state index contributed by atoms with van der Waals surface area (Å²) in [5.41, 5.74) is 1.98. The molecule has 1 N–H and O–H groups in total. The predicted molar refractivity (Wildman–Crippen MR) is 95.0 cm³/mol. The van der Waals surface area contributed by atoms with Crippen molar-refractivity contribution < 1.29 is 9.21 Å². The van der Waals surface area contributed by atoms with Gasteiger partial charge in [0.15, 0.2) is 0 Å². The standard InChI is InChI=1S/C18H19N3O2S/c1-14(17-8-5-11-23-17)19-18(22)13-24-12-15-9-10-21(20-15)16-6-3-2-4-7-16/h2-11,14H,12-13H2,1H3,(H,19,22). The van der Waals surface area contributed by atoms with Crippen LogP contribution in [-0.2, 0) is 10.5 Å². The van der Waals surface area contributed by atoms with Crippen LogP contribution in [0.1, 0.15) is 24.4 Å². The van der Waals surface area contributed by atoms with Gasteiger partial charge in [-0.3, -0.25) is 4.79 Å². The predicted octanol–water partition coefficient (Wildman–Crippen LogP) is 3.58. The first-order valence-corrected chi connectivity index (χ1v) is 8.88. The van der Waals surface area contributed by atoms with Gasteiger partial charge in [-0.25, -0.2) is 4.68 Å². The number of carbonyl (C=O) groups excluding carboxylic acids is 1. The lowest BCUT2D eigenvalue weighted by Gasteiger charge is -2.10. The number of furan rings is 1. The number of thioether (sulfide) groups is 1. The zero-order valence-corrected chi connectivity index (χ0v) is 14.2. The Morgan fingerprint density at radius 2 is 2.08 bits per heavy atom. The van der Waals surface area contributed by atoms with E-state index in [0.717, 1.165) is 17.1 Å². The van der Waals surface area contributed by atoms with Gasteiger partial charge in [-0.05, 0) is 37.3 Å². The Balaban J connectivity index is 1.45. The fourth-order valence-corrected chi connectivity index (χ4v) is 3.04. The molecule has 0 spiro atoms. The number of rotatable bonds is 7. The van der Waals surface area contributed by atoms with Crippen LogP contribution in [0.5, 0.6) is 0 Å². The van der Waals surface area contributed by atoms with Crippen molar-refractivity contribution in [2.24, 2.45) is 0 Å². The van der Waals surface area contributed by atoms with Crippen molar-refractivity contribution in [3.05, 3.63) is 72.4 Å². The Morgan fingerprint density at radius 3 is 2.83 bits per heavy atom. The first-order chi connectivity index (χ1) is 11.7. The van der Waals surface area contributed by atoms with E-state index in [4.69, 9.17) is 4.42 Å². The monoisotopic (exact) mass is 341 g/mol. The van der Waals surface area contributed by atoms with Gasteiger partial charge < -0.3 is 9.73 Å². The van der Waals surface area contributed by atoms with Crippen LogP contribution in [-0.4, -0.2) is 21.4 Å². The van der Waals surface area contributed by atoms with Crippen LogP contribution >= 0.6 is 11.8 Å². The topological polar surface area (TPSA) is 60.1 Å². The SMILES string of the molecule is CC(NC(=O)CSCc1ccn(-c2ccccc2)n1)c1ccco1. The molecule has 0 bridgehead atoms. The molecule has 1 atom stereocenters. The molecule has 124 valence electrons. The fourth-order valence-electron chi connectivity index (χ4n) is 2.30. The molecule has 0 aliphatic heterocycles. The average molecular weight is 341 g/mol. The normalized spacial score (nSPS) is 12.0. The summed E-state index contributed by atoms with van der Waals surface area (Å²) in [5.74, 6) is 1.84. The van der Waals surface area contributed by atoms with Crippen molar-refractivity contribution in [2.75, 3.05) is 5.75 Å². The van der Waals surface area contributed by atoms with Gasteiger partial charge in [-0.2, -0.15) is 5.10 Å². The van der Waals surface area contributed by atoms with Gasteiger partial charge in [-0.1, -0.05) is 18.2 Å². The van der Waals surface area contributed by atoms with Crippen LogP contribution in [0.15, 0.2) is 65.4 Å². The van der Waals surface area contributed by atoms with E-state index in [9.17, 15) is 4.79 Å². The smallest absolute Gasteiger partial charge is 0.230 e. The lowest BCUT2D eigenvalue weighted by Crippen LogP contribution is -2.27. The minimum Gasteiger partial charge on any atom is -0.467 e. The molecule has 0 fully saturated rings. The van der Waals surface area contributed by atoms with E-state index in [1.165, 1.54) is 0 Å². The minimum atomic E-state index is -0.120. The van der Waals surface area contributed by atoms with Crippen LogP contribution in [0.4, 0.5) is 0 Å². The zero-order valence-electron chi connectivity index (χ0n) is 13.4. The second-order valence-electron chi connectivity index (χ2n) is 5.38. The van der Waals surface area contributed by atoms with E-state index in [1.54, 1.807) is 18.0 Å². The van der Waals surface area contributed by atoms with Crippen LogP contribution in [0.25, 0.3) is 5.69 Å². The third-order valence-electron chi connectivity index (χ3n) is 3.50. The Bertz CT molecular complexity index is 769. The lowest BCUT2D eigenvalue weighted by atomic mass is 10.2. The molecule has 2 heterocycles. The molecule has 2 aromatic heterocycles. The maximum atomic E-state index is 12.0. The van der Waals surface area contributed by atoms with Crippen LogP contribution in [0, 0.1) is 0 Å². The Morgan fingerprint density at radius 1 is 1.25 bits per heavy atom. The van der Waals surface area contributed by atoms with Crippen molar-refractivity contribution in [1.82, 2.24) is 15.1 Å². The zero-order chi connectivity index (χ0) is 16.8. The van der Waals surface area contributed by atoms with E-state index in [-0.39, 0.29) is 11.9 Å². The Hall–Kier alpha value is -2.47. The summed E-state index contributed by atoms with van der Waals surface area (Å²) in [7, 11) is 0. The molecule has 0 radical (unpaired) electrons. The van der Waals surface area contributed by atoms with Crippen molar-refractivity contribution in [3.8, 4) is 5.69 Å². The summed E-state index contributed by atoms with van der Waals surface area (Å²) in [6.45, 7) is 1.91. The van der Waals surface area contributed by atoms with Crippen LogP contribution < -0.4 is 5.32 Å². The van der Waals surface area contributed by atoms with Crippen molar-refractivity contribution in [3.63, 3.8) is 0 Å². The number of carbonyl (C=O) groups is 1. The molecule has 0 saturated heterocycles. The molecule has 24 heavy (non-hydrogen) atoms. The maximum Gasteiger partial charge on any atom is 0.230 e. The lowest BCUT2D eigenvalue weighted by molar-refractivity contribution is -0.119. The molecule has 1 aromatic carbocycles. The van der Waals surface area contributed by atoms with Crippen LogP contribution in [0.3, 0.4) is 0 Å². The largest absolute Gasteiger partial charge is 0.467 e. The minimum absolute atomic E-state index is 0.00797. The number of hydrogen-bond donors (Lipinski definition) is 1. The van der Waals surface area contributed by atoms with Gasteiger partial charge in [-0.15, -0.1) is 11.8 Å². The summed E-state index contributed by atoms with van der Waals surface area (Å²) in [6.07, 6.45) is 3.54. The molecule has 0 saturated carbocycles. The number of nitrogens with zero attached hydrogens (tertiary/aromatic N) is 2. The number of hydrogen-bond acceptors (Lipinski definition) is 4. The molecule has 1 amide bonds. The summed E-state index contributed by atoms with van der Waals surface area (Å²) in [4.78, 5) is 12.0. The van der Waals surface area contributed by atoms with Gasteiger partial charge in [0.25, 0.3) is 0 Å². The van der Waals surface area contributed by atoms with Crippen molar-refractivity contribution in [2.45, 2.75) is 18.7 Å². The number of aromatic nitrogens is 2. The van der Waals surface area contributed by atoms with Crippen LogP contribution in [0.2, 0.25) is 0 Å². The summed E-state index contributed by atoms with van der Waals surface area (Å²) in [6, 6.07) is 15.5. The van der Waals surface area contributed by atoms with E-state index >= 15 is 0 Å². The van der Waals surface area contributed by atoms with Gasteiger partial charge in [0.2, 0.25) is 5.91 Å². The van der Waals surface area contributed by atoms with Gasteiger partial charge in [0, 0.05) is 11.9 Å².